The number of aromatic nitrogens is 3. The maximum absolute atomic E-state index is 13.0. The number of Topliss-reactive ketones (excluding diaryl/α,β-unsaturated/α-hetero) is 1. The Morgan fingerprint density at radius 3 is 2.50 bits per heavy atom. The lowest BCUT2D eigenvalue weighted by Gasteiger charge is -2.11. The lowest BCUT2D eigenvalue weighted by Crippen LogP contribution is -2.29. The highest BCUT2D eigenvalue weighted by Gasteiger charge is 2.20. The zero-order valence-electron chi connectivity index (χ0n) is 17.9. The summed E-state index contributed by atoms with van der Waals surface area (Å²) in [6.45, 7) is 8.60. The second kappa shape index (κ2) is 9.43. The van der Waals surface area contributed by atoms with Crippen LogP contribution >= 0.6 is 11.6 Å². The van der Waals surface area contributed by atoms with Crippen LogP contribution in [0.25, 0.3) is 11.4 Å². The van der Waals surface area contributed by atoms with Crippen molar-refractivity contribution < 1.29 is 4.79 Å². The van der Waals surface area contributed by atoms with Crippen molar-refractivity contribution in [3.63, 3.8) is 0 Å². The quantitative estimate of drug-likeness (QED) is 0.505. The molecule has 1 unspecified atom stereocenters. The molecule has 0 bridgehead atoms. The van der Waals surface area contributed by atoms with Crippen molar-refractivity contribution in [3.8, 4) is 11.4 Å². The lowest BCUT2D eigenvalue weighted by molar-refractivity contribution is -0.120. The van der Waals surface area contributed by atoms with Gasteiger partial charge in [-0.3, -0.25) is 9.36 Å². The SMILES string of the molecule is Cc1cccc(C(C)CC(=O)Cn2nc(-c3ccccc3Cl)n(CC(C)C)c2=O)c1. The van der Waals surface area contributed by atoms with Gasteiger partial charge in [0.25, 0.3) is 0 Å². The third-order valence-corrected chi connectivity index (χ3v) is 5.39. The highest BCUT2D eigenvalue weighted by atomic mass is 35.5. The van der Waals surface area contributed by atoms with Gasteiger partial charge < -0.3 is 0 Å². The third kappa shape index (κ3) is 5.08. The summed E-state index contributed by atoms with van der Waals surface area (Å²) in [4.78, 5) is 25.8. The standard InChI is InChI=1S/C24H28ClN3O2/c1-16(2)14-27-23(21-10-5-6-11-22(21)25)26-28(24(27)30)15-20(29)13-18(4)19-9-7-8-17(3)12-19/h5-12,16,18H,13-15H2,1-4H3. The number of halogens is 1. The molecular formula is C24H28ClN3O2. The van der Waals surface area contributed by atoms with Gasteiger partial charge in [0.1, 0.15) is 6.54 Å². The molecule has 5 nitrogen and oxygen atoms in total. The smallest absolute Gasteiger partial charge is 0.298 e. The van der Waals surface area contributed by atoms with E-state index in [-0.39, 0.29) is 29.9 Å². The van der Waals surface area contributed by atoms with Gasteiger partial charge in [0, 0.05) is 18.5 Å². The first-order valence-electron chi connectivity index (χ1n) is 10.3. The molecule has 0 fully saturated rings. The van der Waals surface area contributed by atoms with Crippen LogP contribution in [0.4, 0.5) is 0 Å². The molecule has 0 saturated heterocycles. The molecule has 3 rings (SSSR count). The van der Waals surface area contributed by atoms with Crippen molar-refractivity contribution in [1.82, 2.24) is 14.3 Å². The van der Waals surface area contributed by atoms with Crippen LogP contribution in [-0.2, 0) is 17.9 Å². The minimum atomic E-state index is -0.282. The molecule has 6 heteroatoms. The van der Waals surface area contributed by atoms with E-state index in [0.29, 0.717) is 29.4 Å². The molecule has 158 valence electrons. The second-order valence-electron chi connectivity index (χ2n) is 8.31. The van der Waals surface area contributed by atoms with E-state index in [1.54, 1.807) is 10.6 Å². The lowest BCUT2D eigenvalue weighted by atomic mass is 9.94. The normalized spacial score (nSPS) is 12.3. The molecule has 1 atom stereocenters. The molecule has 1 heterocycles. The van der Waals surface area contributed by atoms with E-state index in [1.165, 1.54) is 10.2 Å². The summed E-state index contributed by atoms with van der Waals surface area (Å²) in [6.07, 6.45) is 0.356. The monoisotopic (exact) mass is 425 g/mol. The van der Waals surface area contributed by atoms with Crippen molar-refractivity contribution in [3.05, 3.63) is 75.2 Å². The average molecular weight is 426 g/mol. The Labute approximate surface area is 182 Å². The van der Waals surface area contributed by atoms with Gasteiger partial charge in [0.2, 0.25) is 0 Å². The van der Waals surface area contributed by atoms with Gasteiger partial charge in [-0.1, -0.05) is 74.3 Å². The van der Waals surface area contributed by atoms with Crippen molar-refractivity contribution in [2.75, 3.05) is 0 Å². The number of carbonyl (C=O) groups is 1. The maximum Gasteiger partial charge on any atom is 0.346 e. The fourth-order valence-corrected chi connectivity index (χ4v) is 3.80. The number of benzene rings is 2. The molecule has 3 aromatic rings. The van der Waals surface area contributed by atoms with E-state index in [4.69, 9.17) is 11.6 Å². The van der Waals surface area contributed by atoms with E-state index in [2.05, 4.69) is 11.2 Å². The van der Waals surface area contributed by atoms with Gasteiger partial charge in [-0.2, -0.15) is 0 Å². The number of carbonyl (C=O) groups excluding carboxylic acids is 1. The molecule has 0 aliphatic rings. The Morgan fingerprint density at radius 2 is 1.83 bits per heavy atom. The van der Waals surface area contributed by atoms with Crippen LogP contribution in [0.3, 0.4) is 0 Å². The van der Waals surface area contributed by atoms with Gasteiger partial charge in [-0.05, 0) is 36.5 Å². The second-order valence-corrected chi connectivity index (χ2v) is 8.71. The molecule has 0 aliphatic heterocycles. The molecule has 0 aliphatic carbocycles. The molecule has 2 aromatic carbocycles. The van der Waals surface area contributed by atoms with E-state index in [9.17, 15) is 9.59 Å². The molecule has 30 heavy (non-hydrogen) atoms. The van der Waals surface area contributed by atoms with Crippen molar-refractivity contribution in [2.45, 2.75) is 53.1 Å². The highest BCUT2D eigenvalue weighted by molar-refractivity contribution is 6.33. The first-order valence-corrected chi connectivity index (χ1v) is 10.6. The van der Waals surface area contributed by atoms with Crippen molar-refractivity contribution in [2.24, 2.45) is 5.92 Å². The minimum Gasteiger partial charge on any atom is -0.298 e. The molecule has 1 aromatic heterocycles. The summed E-state index contributed by atoms with van der Waals surface area (Å²) in [5.41, 5.74) is 2.70. The molecular weight excluding hydrogens is 398 g/mol. The number of rotatable bonds is 8. The van der Waals surface area contributed by atoms with Gasteiger partial charge in [-0.15, -0.1) is 5.10 Å². The Balaban J connectivity index is 1.86. The summed E-state index contributed by atoms with van der Waals surface area (Å²) in [5.74, 6) is 0.803. The fourth-order valence-electron chi connectivity index (χ4n) is 3.58. The van der Waals surface area contributed by atoms with Crippen LogP contribution in [0.15, 0.2) is 53.3 Å². The minimum absolute atomic E-state index is 0.0222. The van der Waals surface area contributed by atoms with Crippen LogP contribution in [-0.4, -0.2) is 20.1 Å². The summed E-state index contributed by atoms with van der Waals surface area (Å²) >= 11 is 6.35. The Kier molecular flexibility index (Phi) is 6.93. The maximum atomic E-state index is 13.0. The van der Waals surface area contributed by atoms with Gasteiger partial charge in [-0.25, -0.2) is 9.48 Å². The fraction of sp³-hybridized carbons (Fsp3) is 0.375. The van der Waals surface area contributed by atoms with E-state index in [1.807, 2.05) is 64.1 Å². The van der Waals surface area contributed by atoms with Gasteiger partial charge >= 0.3 is 5.69 Å². The molecule has 0 saturated carbocycles. The summed E-state index contributed by atoms with van der Waals surface area (Å²) in [7, 11) is 0. The van der Waals surface area contributed by atoms with Crippen LogP contribution in [0.5, 0.6) is 0 Å². The predicted molar refractivity (Wildman–Crippen MR) is 121 cm³/mol. The zero-order chi connectivity index (χ0) is 21.8. The first-order chi connectivity index (χ1) is 14.3. The van der Waals surface area contributed by atoms with E-state index < -0.39 is 0 Å². The molecule has 0 amide bonds. The van der Waals surface area contributed by atoms with Crippen LogP contribution in [0.1, 0.15) is 44.2 Å². The number of hydrogen-bond acceptors (Lipinski definition) is 3. The first kappa shape index (κ1) is 22.0. The van der Waals surface area contributed by atoms with Crippen molar-refractivity contribution >= 4 is 17.4 Å². The van der Waals surface area contributed by atoms with E-state index in [0.717, 1.165) is 5.56 Å². The number of aryl methyl sites for hydroxylation is 1. The third-order valence-electron chi connectivity index (χ3n) is 5.06. The average Bonchev–Trinajstić information content (AvgIpc) is 2.97. The Morgan fingerprint density at radius 1 is 1.10 bits per heavy atom. The molecule has 0 N–H and O–H groups in total. The highest BCUT2D eigenvalue weighted by Crippen LogP contribution is 2.26. The summed E-state index contributed by atoms with van der Waals surface area (Å²) in [6, 6.07) is 15.5. The summed E-state index contributed by atoms with van der Waals surface area (Å²) in [5, 5.41) is 5.02. The summed E-state index contributed by atoms with van der Waals surface area (Å²) < 4.78 is 2.88. The Bertz CT molecular complexity index is 1100. The molecule has 0 radical (unpaired) electrons. The number of nitrogens with zero attached hydrogens (tertiary/aromatic N) is 3. The van der Waals surface area contributed by atoms with Gasteiger partial charge in [0.05, 0.1) is 5.02 Å². The van der Waals surface area contributed by atoms with Crippen LogP contribution in [0, 0.1) is 12.8 Å². The van der Waals surface area contributed by atoms with Gasteiger partial charge in [0.15, 0.2) is 11.6 Å². The number of hydrogen-bond donors (Lipinski definition) is 0. The van der Waals surface area contributed by atoms with Crippen LogP contribution in [0.2, 0.25) is 5.02 Å². The largest absolute Gasteiger partial charge is 0.346 e. The topological polar surface area (TPSA) is 56.9 Å². The molecule has 0 spiro atoms. The van der Waals surface area contributed by atoms with Crippen LogP contribution < -0.4 is 5.69 Å². The Hall–Kier alpha value is -2.66. The predicted octanol–water partition coefficient (Wildman–Crippen LogP) is 5.09. The zero-order valence-corrected chi connectivity index (χ0v) is 18.7. The van der Waals surface area contributed by atoms with Crippen molar-refractivity contribution in [1.29, 1.82) is 0 Å². The van der Waals surface area contributed by atoms with E-state index >= 15 is 0 Å². The number of ketones is 1.